The third-order valence-corrected chi connectivity index (χ3v) is 5.70. The Balaban J connectivity index is 1.33. The van der Waals surface area contributed by atoms with Gasteiger partial charge in [0, 0.05) is 51.0 Å². The summed E-state index contributed by atoms with van der Waals surface area (Å²) in [5.74, 6) is -0.578. The maximum Gasteiger partial charge on any atom is 0.272 e. The normalized spacial score (nSPS) is 25.5. The van der Waals surface area contributed by atoms with Crippen molar-refractivity contribution in [3.8, 4) is 0 Å². The van der Waals surface area contributed by atoms with Crippen LogP contribution in [-0.2, 0) is 11.3 Å². The number of amides is 2. The first-order valence-corrected chi connectivity index (χ1v) is 9.77. The Morgan fingerprint density at radius 1 is 1.26 bits per heavy atom. The number of carbonyl (C=O) groups excluding carboxylic acids is 2. The molecule has 0 saturated carbocycles. The van der Waals surface area contributed by atoms with E-state index >= 15 is 0 Å². The summed E-state index contributed by atoms with van der Waals surface area (Å²) in [6.07, 6.45) is 3.29. The molecule has 0 bridgehead atoms. The number of aliphatic hydroxyl groups excluding tert-OH is 1. The van der Waals surface area contributed by atoms with E-state index in [1.807, 2.05) is 0 Å². The second-order valence-electron chi connectivity index (χ2n) is 7.59. The van der Waals surface area contributed by atoms with Gasteiger partial charge in [-0.1, -0.05) is 0 Å². The van der Waals surface area contributed by atoms with E-state index in [9.17, 15) is 14.7 Å². The fourth-order valence-electron chi connectivity index (χ4n) is 4.13. The number of hydrogen-bond donors (Lipinski definition) is 3. The molecule has 27 heavy (non-hydrogen) atoms. The molecule has 4 rings (SSSR count). The molecule has 1 atom stereocenters. The van der Waals surface area contributed by atoms with E-state index in [2.05, 4.69) is 20.6 Å². The van der Waals surface area contributed by atoms with Gasteiger partial charge < -0.3 is 25.4 Å². The molecule has 0 aromatic carbocycles. The van der Waals surface area contributed by atoms with Gasteiger partial charge in [-0.3, -0.25) is 14.3 Å². The van der Waals surface area contributed by atoms with Crippen molar-refractivity contribution in [3.05, 3.63) is 17.5 Å². The minimum atomic E-state index is -0.708. The zero-order valence-electron chi connectivity index (χ0n) is 15.4. The summed E-state index contributed by atoms with van der Waals surface area (Å²) in [6, 6.07) is 2.22. The van der Waals surface area contributed by atoms with E-state index in [1.54, 1.807) is 0 Å². The summed E-state index contributed by atoms with van der Waals surface area (Å²) in [4.78, 5) is 27.1. The van der Waals surface area contributed by atoms with Crippen LogP contribution in [-0.4, -0.2) is 82.6 Å². The lowest BCUT2D eigenvalue weighted by Crippen LogP contribution is -2.49. The van der Waals surface area contributed by atoms with Gasteiger partial charge in [0.2, 0.25) is 0 Å². The highest BCUT2D eigenvalue weighted by atomic mass is 16.5. The summed E-state index contributed by atoms with van der Waals surface area (Å²) >= 11 is 0. The van der Waals surface area contributed by atoms with Gasteiger partial charge in [0.25, 0.3) is 11.8 Å². The largest absolute Gasteiger partial charge is 0.389 e. The van der Waals surface area contributed by atoms with Crippen molar-refractivity contribution in [2.75, 3.05) is 32.8 Å². The monoisotopic (exact) mass is 377 g/mol. The predicted octanol–water partition coefficient (Wildman–Crippen LogP) is -0.639. The molecule has 0 radical (unpaired) electrons. The van der Waals surface area contributed by atoms with E-state index in [0.29, 0.717) is 11.7 Å². The lowest BCUT2D eigenvalue weighted by molar-refractivity contribution is 0.0238. The van der Waals surface area contributed by atoms with E-state index in [-0.39, 0.29) is 36.6 Å². The summed E-state index contributed by atoms with van der Waals surface area (Å²) < 4.78 is 6.85. The van der Waals surface area contributed by atoms with E-state index in [0.717, 1.165) is 52.0 Å². The number of fused-ring (bicyclic) bond motifs is 1. The molecule has 2 fully saturated rings. The lowest BCUT2D eigenvalue weighted by atomic mass is 9.99. The smallest absolute Gasteiger partial charge is 0.272 e. The highest BCUT2D eigenvalue weighted by Crippen LogP contribution is 2.20. The van der Waals surface area contributed by atoms with Crippen molar-refractivity contribution in [3.63, 3.8) is 0 Å². The third kappa shape index (κ3) is 4.15. The Kier molecular flexibility index (Phi) is 5.42. The maximum absolute atomic E-state index is 12.6. The van der Waals surface area contributed by atoms with Gasteiger partial charge in [0.15, 0.2) is 5.69 Å². The van der Waals surface area contributed by atoms with Gasteiger partial charge in [0.1, 0.15) is 5.69 Å². The number of carbonyl (C=O) groups is 2. The Morgan fingerprint density at radius 2 is 2.00 bits per heavy atom. The first kappa shape index (κ1) is 18.4. The summed E-state index contributed by atoms with van der Waals surface area (Å²) in [7, 11) is 0. The van der Waals surface area contributed by atoms with Gasteiger partial charge in [-0.15, -0.1) is 0 Å². The Hall–Kier alpha value is -1.97. The molecule has 3 N–H and O–H groups in total. The number of hydrogen-bond acceptors (Lipinski definition) is 6. The van der Waals surface area contributed by atoms with Crippen LogP contribution in [0.15, 0.2) is 6.07 Å². The molecule has 3 aliphatic rings. The number of piperidine rings is 1. The van der Waals surface area contributed by atoms with Crippen LogP contribution in [0.2, 0.25) is 0 Å². The first-order chi connectivity index (χ1) is 13.1. The maximum atomic E-state index is 12.6. The molecule has 3 aliphatic heterocycles. The van der Waals surface area contributed by atoms with Crippen LogP contribution in [0, 0.1) is 0 Å². The zero-order chi connectivity index (χ0) is 18.8. The Labute approximate surface area is 158 Å². The second kappa shape index (κ2) is 7.95. The van der Waals surface area contributed by atoms with Crippen LogP contribution in [0.5, 0.6) is 0 Å². The van der Waals surface area contributed by atoms with Gasteiger partial charge in [0.05, 0.1) is 12.6 Å². The van der Waals surface area contributed by atoms with Gasteiger partial charge in [-0.2, -0.15) is 5.10 Å². The molecule has 2 amide bonds. The average molecular weight is 377 g/mol. The summed E-state index contributed by atoms with van der Waals surface area (Å²) in [6.45, 7) is 4.03. The average Bonchev–Trinajstić information content (AvgIpc) is 3.06. The van der Waals surface area contributed by atoms with Gasteiger partial charge >= 0.3 is 0 Å². The molecule has 1 aromatic heterocycles. The molecule has 0 spiro atoms. The quantitative estimate of drug-likeness (QED) is 0.647. The zero-order valence-corrected chi connectivity index (χ0v) is 15.4. The fraction of sp³-hybridized carbons (Fsp3) is 0.722. The third-order valence-electron chi connectivity index (χ3n) is 5.70. The number of aromatic nitrogens is 2. The number of ether oxygens (including phenoxy) is 1. The molecule has 148 valence electrons. The summed E-state index contributed by atoms with van der Waals surface area (Å²) in [5, 5.41) is 19.7. The molecule has 9 nitrogen and oxygen atoms in total. The van der Waals surface area contributed by atoms with Crippen molar-refractivity contribution >= 4 is 11.8 Å². The minimum absolute atomic E-state index is 0.120. The minimum Gasteiger partial charge on any atom is -0.389 e. The Bertz CT molecular complexity index is 692. The number of likely N-dealkylation sites (tertiary alicyclic amines) is 1. The Morgan fingerprint density at radius 3 is 2.74 bits per heavy atom. The SMILES string of the molecule is O=C(NC1CCN(C2CCOCC2)CC1)c1cc2n(n1)CC(O)CNC2=O. The highest BCUT2D eigenvalue weighted by molar-refractivity contribution is 5.98. The van der Waals surface area contributed by atoms with Crippen molar-refractivity contribution in [2.45, 2.75) is 50.4 Å². The van der Waals surface area contributed by atoms with Gasteiger partial charge in [-0.05, 0) is 25.7 Å². The van der Waals surface area contributed by atoms with Crippen molar-refractivity contribution in [1.29, 1.82) is 0 Å². The van der Waals surface area contributed by atoms with Crippen LogP contribution >= 0.6 is 0 Å². The topological polar surface area (TPSA) is 109 Å². The predicted molar refractivity (Wildman–Crippen MR) is 96.5 cm³/mol. The number of aliphatic hydroxyl groups is 1. The fourth-order valence-corrected chi connectivity index (χ4v) is 4.13. The van der Waals surface area contributed by atoms with Crippen LogP contribution in [0.3, 0.4) is 0 Å². The molecule has 4 heterocycles. The molecule has 1 aromatic rings. The molecule has 2 saturated heterocycles. The number of β-amino-alcohol motifs (C(OH)–C–C–N with tert-alkyl or cyclic N) is 1. The molecular weight excluding hydrogens is 350 g/mol. The first-order valence-electron chi connectivity index (χ1n) is 9.77. The lowest BCUT2D eigenvalue weighted by Gasteiger charge is -2.39. The van der Waals surface area contributed by atoms with Crippen LogP contribution in [0.1, 0.15) is 46.7 Å². The highest BCUT2D eigenvalue weighted by Gasteiger charge is 2.29. The van der Waals surface area contributed by atoms with Gasteiger partial charge in [-0.25, -0.2) is 0 Å². The van der Waals surface area contributed by atoms with E-state index in [1.165, 1.54) is 10.7 Å². The number of nitrogens with zero attached hydrogens (tertiary/aromatic N) is 3. The number of rotatable bonds is 3. The molecule has 0 aliphatic carbocycles. The molecular formula is C18H27N5O4. The van der Waals surface area contributed by atoms with Crippen molar-refractivity contribution in [2.24, 2.45) is 0 Å². The summed E-state index contributed by atoms with van der Waals surface area (Å²) in [5.41, 5.74) is 0.534. The van der Waals surface area contributed by atoms with E-state index < -0.39 is 6.10 Å². The van der Waals surface area contributed by atoms with Crippen molar-refractivity contribution < 1.29 is 19.4 Å². The second-order valence-corrected chi connectivity index (χ2v) is 7.59. The molecule has 1 unspecified atom stereocenters. The standard InChI is InChI=1S/C18H27N5O4/c24-14-10-19-18(26)16-9-15(21-23(16)11-14)17(25)20-12-1-5-22(6-2-12)13-3-7-27-8-4-13/h9,12-14,24H,1-8,10-11H2,(H,19,26)(H,20,25). The number of nitrogens with one attached hydrogen (secondary N) is 2. The van der Waals surface area contributed by atoms with Crippen LogP contribution < -0.4 is 10.6 Å². The molecule has 9 heteroatoms. The van der Waals surface area contributed by atoms with Crippen molar-refractivity contribution in [1.82, 2.24) is 25.3 Å². The van der Waals surface area contributed by atoms with E-state index in [4.69, 9.17) is 4.74 Å². The van der Waals surface area contributed by atoms with Crippen LogP contribution in [0.25, 0.3) is 0 Å². The van der Waals surface area contributed by atoms with Crippen LogP contribution in [0.4, 0.5) is 0 Å².